The number of carbonyl (C=O) groups is 3. The van der Waals surface area contributed by atoms with Gasteiger partial charge in [-0.15, -0.1) is 11.3 Å². The summed E-state index contributed by atoms with van der Waals surface area (Å²) in [7, 11) is 0. The van der Waals surface area contributed by atoms with Gasteiger partial charge >= 0.3 is 5.97 Å². The number of aryl methyl sites for hydroxylation is 1. The number of fused-ring (bicyclic) bond motifs is 1. The van der Waals surface area contributed by atoms with Gasteiger partial charge in [-0.1, -0.05) is 17.2 Å². The summed E-state index contributed by atoms with van der Waals surface area (Å²) in [5, 5.41) is 2.84. The van der Waals surface area contributed by atoms with Crippen molar-refractivity contribution in [3.05, 3.63) is 64.4 Å². The van der Waals surface area contributed by atoms with Crippen LogP contribution in [-0.4, -0.2) is 27.8 Å². The van der Waals surface area contributed by atoms with Gasteiger partial charge in [-0.2, -0.15) is 0 Å². The molecular weight excluding hydrogens is 356 g/mol. The van der Waals surface area contributed by atoms with Gasteiger partial charge in [-0.05, 0) is 31.2 Å². The fraction of sp³-hybridized carbons (Fsp3) is 0.111. The lowest BCUT2D eigenvalue weighted by molar-refractivity contribution is -0.167. The van der Waals surface area contributed by atoms with E-state index < -0.39 is 17.8 Å². The van der Waals surface area contributed by atoms with E-state index in [9.17, 15) is 14.4 Å². The zero-order valence-corrected chi connectivity index (χ0v) is 14.4. The van der Waals surface area contributed by atoms with Gasteiger partial charge in [-0.3, -0.25) is 9.59 Å². The molecule has 3 aromatic rings. The maximum absolute atomic E-state index is 12.2. The Morgan fingerprint density at radius 3 is 2.46 bits per heavy atom. The molecule has 0 saturated carbocycles. The maximum Gasteiger partial charge on any atom is 0.339 e. The largest absolute Gasteiger partial charge is 0.459 e. The lowest BCUT2D eigenvalue weighted by atomic mass is 10.1. The third-order valence-corrected chi connectivity index (χ3v) is 4.68. The first kappa shape index (κ1) is 16.2. The normalized spacial score (nSPS) is 13.2. The van der Waals surface area contributed by atoms with Crippen LogP contribution in [0.4, 0.5) is 0 Å². The number of imide groups is 1. The van der Waals surface area contributed by atoms with Gasteiger partial charge < -0.3 is 9.25 Å². The molecule has 130 valence electrons. The summed E-state index contributed by atoms with van der Waals surface area (Å²) in [6.07, 6.45) is -0.163. The van der Waals surface area contributed by atoms with Crippen LogP contribution in [0.3, 0.4) is 0 Å². The van der Waals surface area contributed by atoms with E-state index in [0.29, 0.717) is 21.5 Å². The lowest BCUT2D eigenvalue weighted by Gasteiger charge is -2.11. The van der Waals surface area contributed by atoms with Crippen LogP contribution >= 0.6 is 11.3 Å². The third-order valence-electron chi connectivity index (χ3n) is 3.78. The SMILES string of the molecule is Cc1ccc(-c2nc(CC(=O)ON3C(=O)c4ccccc4C3=O)cs2)o1. The van der Waals surface area contributed by atoms with Crippen molar-refractivity contribution in [2.45, 2.75) is 13.3 Å². The first-order valence-electron chi connectivity index (χ1n) is 7.73. The number of hydroxylamine groups is 2. The van der Waals surface area contributed by atoms with Crippen molar-refractivity contribution in [2.24, 2.45) is 0 Å². The van der Waals surface area contributed by atoms with Crippen molar-refractivity contribution in [3.8, 4) is 10.8 Å². The third kappa shape index (κ3) is 2.80. The van der Waals surface area contributed by atoms with E-state index in [1.54, 1.807) is 23.6 Å². The molecule has 0 spiro atoms. The average Bonchev–Trinajstić information content (AvgIpc) is 3.32. The van der Waals surface area contributed by atoms with Crippen molar-refractivity contribution in [3.63, 3.8) is 0 Å². The molecule has 0 fully saturated rings. The Morgan fingerprint density at radius 1 is 1.15 bits per heavy atom. The van der Waals surface area contributed by atoms with Crippen LogP contribution in [0.1, 0.15) is 32.2 Å². The zero-order valence-electron chi connectivity index (χ0n) is 13.6. The topological polar surface area (TPSA) is 89.7 Å². The van der Waals surface area contributed by atoms with Gasteiger partial charge in [0, 0.05) is 5.38 Å². The predicted molar refractivity (Wildman–Crippen MR) is 91.3 cm³/mol. The zero-order chi connectivity index (χ0) is 18.3. The summed E-state index contributed by atoms with van der Waals surface area (Å²) in [6, 6.07) is 9.94. The molecule has 0 aliphatic carbocycles. The van der Waals surface area contributed by atoms with E-state index in [0.717, 1.165) is 5.76 Å². The van der Waals surface area contributed by atoms with Crippen LogP contribution in [0.25, 0.3) is 10.8 Å². The number of benzene rings is 1. The molecule has 2 amide bonds. The Bertz CT molecular complexity index is 1000. The minimum Gasteiger partial charge on any atom is -0.459 e. The number of aromatic nitrogens is 1. The van der Waals surface area contributed by atoms with Crippen LogP contribution < -0.4 is 0 Å². The van der Waals surface area contributed by atoms with Crippen molar-refractivity contribution in [2.75, 3.05) is 0 Å². The van der Waals surface area contributed by atoms with E-state index in [1.165, 1.54) is 23.5 Å². The Morgan fingerprint density at radius 2 is 1.85 bits per heavy atom. The highest BCUT2D eigenvalue weighted by atomic mass is 32.1. The van der Waals surface area contributed by atoms with E-state index in [2.05, 4.69) is 4.98 Å². The number of nitrogens with zero attached hydrogens (tertiary/aromatic N) is 2. The van der Waals surface area contributed by atoms with Crippen LogP contribution in [0.15, 0.2) is 46.2 Å². The Hall–Kier alpha value is -3.26. The van der Waals surface area contributed by atoms with Gasteiger partial charge in [0.25, 0.3) is 11.8 Å². The number of thiazole rings is 1. The second-order valence-corrected chi connectivity index (χ2v) is 6.50. The van der Waals surface area contributed by atoms with Crippen molar-refractivity contribution >= 4 is 29.1 Å². The minimum atomic E-state index is -0.744. The van der Waals surface area contributed by atoms with Gasteiger partial charge in [0.1, 0.15) is 5.76 Å². The quantitative estimate of drug-likeness (QED) is 0.658. The van der Waals surface area contributed by atoms with Crippen LogP contribution in [-0.2, 0) is 16.1 Å². The minimum absolute atomic E-state index is 0.163. The van der Waals surface area contributed by atoms with Crippen LogP contribution in [0.2, 0.25) is 0 Å². The molecule has 0 radical (unpaired) electrons. The van der Waals surface area contributed by atoms with E-state index in [4.69, 9.17) is 9.25 Å². The predicted octanol–water partition coefficient (Wildman–Crippen LogP) is 3.01. The van der Waals surface area contributed by atoms with Crippen molar-refractivity contribution in [1.29, 1.82) is 0 Å². The highest BCUT2D eigenvalue weighted by Gasteiger charge is 2.38. The molecule has 26 heavy (non-hydrogen) atoms. The number of hydrogen-bond acceptors (Lipinski definition) is 7. The number of amides is 2. The number of rotatable bonds is 4. The summed E-state index contributed by atoms with van der Waals surface area (Å²) in [4.78, 5) is 45.8. The van der Waals surface area contributed by atoms with Gasteiger partial charge in [0.2, 0.25) is 0 Å². The summed E-state index contributed by atoms with van der Waals surface area (Å²) in [5.74, 6) is -0.658. The molecule has 3 heterocycles. The van der Waals surface area contributed by atoms with E-state index in [-0.39, 0.29) is 17.5 Å². The summed E-state index contributed by atoms with van der Waals surface area (Å²) < 4.78 is 5.49. The highest BCUT2D eigenvalue weighted by molar-refractivity contribution is 7.13. The number of carbonyl (C=O) groups excluding carboxylic acids is 3. The molecular formula is C18H12N2O5S. The molecule has 4 rings (SSSR count). The summed E-state index contributed by atoms with van der Waals surface area (Å²) >= 11 is 1.33. The standard InChI is InChI=1S/C18H12N2O5S/c1-10-6-7-14(24-10)16-19-11(9-26-16)8-15(21)25-20-17(22)12-4-2-3-5-13(12)18(20)23/h2-7,9H,8H2,1H3. The highest BCUT2D eigenvalue weighted by Crippen LogP contribution is 2.26. The first-order chi connectivity index (χ1) is 12.5. The molecule has 0 atom stereocenters. The molecule has 7 nitrogen and oxygen atoms in total. The molecule has 1 aliphatic heterocycles. The molecule has 0 bridgehead atoms. The Balaban J connectivity index is 1.45. The van der Waals surface area contributed by atoms with Gasteiger partial charge in [0.15, 0.2) is 10.8 Å². The average molecular weight is 368 g/mol. The summed E-state index contributed by atoms with van der Waals surface area (Å²) in [6.45, 7) is 1.83. The van der Waals surface area contributed by atoms with Crippen molar-refractivity contribution < 1.29 is 23.6 Å². The van der Waals surface area contributed by atoms with Crippen molar-refractivity contribution in [1.82, 2.24) is 10.0 Å². The molecule has 0 unspecified atom stereocenters. The molecule has 1 aromatic carbocycles. The number of hydrogen-bond donors (Lipinski definition) is 0. The molecule has 0 saturated heterocycles. The monoisotopic (exact) mass is 368 g/mol. The van der Waals surface area contributed by atoms with Crippen LogP contribution in [0.5, 0.6) is 0 Å². The van der Waals surface area contributed by atoms with Gasteiger partial charge in [0.05, 0.1) is 23.2 Å². The van der Waals surface area contributed by atoms with E-state index >= 15 is 0 Å². The molecule has 0 N–H and O–H groups in total. The first-order valence-corrected chi connectivity index (χ1v) is 8.61. The second-order valence-electron chi connectivity index (χ2n) is 5.64. The Kier molecular flexibility index (Phi) is 3.89. The molecule has 8 heteroatoms. The smallest absolute Gasteiger partial charge is 0.339 e. The maximum atomic E-state index is 12.2. The molecule has 2 aromatic heterocycles. The number of furan rings is 1. The lowest BCUT2D eigenvalue weighted by Crippen LogP contribution is -2.33. The fourth-order valence-corrected chi connectivity index (χ4v) is 3.36. The van der Waals surface area contributed by atoms with Gasteiger partial charge in [-0.25, -0.2) is 9.78 Å². The van der Waals surface area contributed by atoms with E-state index in [1.807, 2.05) is 13.0 Å². The molecule has 1 aliphatic rings. The van der Waals surface area contributed by atoms with Crippen LogP contribution in [0, 0.1) is 6.92 Å². The Labute approximate surface area is 151 Å². The fourth-order valence-electron chi connectivity index (χ4n) is 2.58. The summed E-state index contributed by atoms with van der Waals surface area (Å²) in [5.41, 5.74) is 0.907. The second kappa shape index (κ2) is 6.23.